The molecule has 3 nitrogen and oxygen atoms in total. The molecule has 0 bridgehead atoms. The summed E-state index contributed by atoms with van der Waals surface area (Å²) in [5.74, 6) is 0. The predicted molar refractivity (Wildman–Crippen MR) is 38.6 cm³/mol. The van der Waals surface area contributed by atoms with Crippen molar-refractivity contribution in [3.05, 3.63) is 0 Å². The molecule has 0 saturated heterocycles. The molecule has 0 fully saturated rings. The smallest absolute Gasteiger partial charge is 0.0764 e. The van der Waals surface area contributed by atoms with Crippen LogP contribution in [0.15, 0.2) is 0 Å². The lowest BCUT2D eigenvalue weighted by molar-refractivity contribution is 0.0302. The van der Waals surface area contributed by atoms with Gasteiger partial charge in [-0.1, -0.05) is 0 Å². The third kappa shape index (κ3) is 4.66. The minimum Gasteiger partial charge on any atom is -0.395 e. The zero-order valence-electron chi connectivity index (χ0n) is 5.66. The first-order valence-corrected chi connectivity index (χ1v) is 2.57. The van der Waals surface area contributed by atoms with Crippen molar-refractivity contribution in [1.29, 1.82) is 0 Å². The molecular formula is C5H14ClNO2. The van der Waals surface area contributed by atoms with Gasteiger partial charge in [-0.3, -0.25) is 0 Å². The Morgan fingerprint density at radius 3 is 1.89 bits per heavy atom. The maximum absolute atomic E-state index is 9.00. The lowest BCUT2D eigenvalue weighted by atomic mass is 10.0. The first-order chi connectivity index (χ1) is 3.48. The second-order valence-electron chi connectivity index (χ2n) is 2.44. The minimum atomic E-state index is -0.964. The summed E-state index contributed by atoms with van der Waals surface area (Å²) >= 11 is 0. The van der Waals surface area contributed by atoms with Gasteiger partial charge in [0.2, 0.25) is 0 Å². The van der Waals surface area contributed by atoms with Crippen molar-refractivity contribution in [2.24, 2.45) is 5.73 Å². The fourth-order valence-corrected chi connectivity index (χ4v) is 0.223. The topological polar surface area (TPSA) is 66.5 Å². The fraction of sp³-hybridized carbons (Fsp3) is 1.00. The van der Waals surface area contributed by atoms with Crippen molar-refractivity contribution in [3.63, 3.8) is 0 Å². The minimum absolute atomic E-state index is 0. The van der Waals surface area contributed by atoms with E-state index in [-0.39, 0.29) is 19.0 Å². The van der Waals surface area contributed by atoms with Crippen LogP contribution in [0.1, 0.15) is 13.8 Å². The molecule has 4 heteroatoms. The Balaban J connectivity index is 0. The monoisotopic (exact) mass is 155 g/mol. The number of aliphatic hydroxyl groups excluding tert-OH is 1. The highest BCUT2D eigenvalue weighted by Gasteiger charge is 2.21. The lowest BCUT2D eigenvalue weighted by Crippen LogP contribution is -2.45. The largest absolute Gasteiger partial charge is 0.395 e. The molecule has 0 spiro atoms. The summed E-state index contributed by atoms with van der Waals surface area (Å²) in [7, 11) is 0. The zero-order chi connectivity index (χ0) is 6.78. The van der Waals surface area contributed by atoms with Gasteiger partial charge in [0, 0.05) is 0 Å². The van der Waals surface area contributed by atoms with Gasteiger partial charge >= 0.3 is 0 Å². The summed E-state index contributed by atoms with van der Waals surface area (Å²) in [5.41, 5.74) is 4.29. The van der Waals surface area contributed by atoms with Crippen LogP contribution < -0.4 is 5.73 Å². The molecule has 0 aliphatic carbocycles. The van der Waals surface area contributed by atoms with E-state index < -0.39 is 11.6 Å². The Bertz CT molecular complexity index is 71.8. The first-order valence-electron chi connectivity index (χ1n) is 2.57. The zero-order valence-corrected chi connectivity index (χ0v) is 6.48. The van der Waals surface area contributed by atoms with E-state index in [1.54, 1.807) is 13.8 Å². The summed E-state index contributed by atoms with van der Waals surface area (Å²) in [4.78, 5) is 0. The Hall–Kier alpha value is 0.170. The second kappa shape index (κ2) is 4.06. The molecule has 0 aromatic rings. The summed E-state index contributed by atoms with van der Waals surface area (Å²) in [5, 5.41) is 17.4. The molecule has 0 aliphatic heterocycles. The van der Waals surface area contributed by atoms with Crippen molar-refractivity contribution in [3.8, 4) is 0 Å². The molecule has 9 heavy (non-hydrogen) atoms. The maximum atomic E-state index is 9.00. The van der Waals surface area contributed by atoms with E-state index in [4.69, 9.17) is 15.9 Å². The predicted octanol–water partition coefficient (Wildman–Crippen LogP) is -0.501. The van der Waals surface area contributed by atoms with E-state index in [1.807, 2.05) is 0 Å². The van der Waals surface area contributed by atoms with Crippen LogP contribution in [0.2, 0.25) is 0 Å². The highest BCUT2D eigenvalue weighted by Crippen LogP contribution is 2.03. The van der Waals surface area contributed by atoms with E-state index in [0.29, 0.717) is 0 Å². The Labute approximate surface area is 61.3 Å². The molecular weight excluding hydrogens is 142 g/mol. The number of rotatable bonds is 2. The Morgan fingerprint density at radius 2 is 1.89 bits per heavy atom. The standard InChI is InChI=1S/C5H13NO2.ClH/c1-5(2,8)4(6)3-7;/h4,7-8H,3,6H2,1-2H3;1H/t4-;/m1./s1. The van der Waals surface area contributed by atoms with Crippen LogP contribution >= 0.6 is 12.4 Å². The quantitative estimate of drug-likeness (QED) is 0.504. The third-order valence-corrected chi connectivity index (χ3v) is 1.10. The van der Waals surface area contributed by atoms with Crippen LogP contribution in [0.5, 0.6) is 0 Å². The van der Waals surface area contributed by atoms with Gasteiger partial charge in [-0.15, -0.1) is 12.4 Å². The van der Waals surface area contributed by atoms with Crippen LogP contribution in [0.25, 0.3) is 0 Å². The van der Waals surface area contributed by atoms with Gasteiger partial charge < -0.3 is 15.9 Å². The van der Waals surface area contributed by atoms with E-state index in [2.05, 4.69) is 0 Å². The molecule has 4 N–H and O–H groups in total. The summed E-state index contributed by atoms with van der Waals surface area (Å²) < 4.78 is 0. The molecule has 0 amide bonds. The van der Waals surface area contributed by atoms with Crippen LogP contribution in [0, 0.1) is 0 Å². The molecule has 0 heterocycles. The highest BCUT2D eigenvalue weighted by atomic mass is 35.5. The molecule has 0 aromatic heterocycles. The van der Waals surface area contributed by atoms with Gasteiger partial charge in [-0.25, -0.2) is 0 Å². The Kier molecular flexibility index (Phi) is 5.37. The summed E-state index contributed by atoms with van der Waals surface area (Å²) in [6.45, 7) is 2.95. The van der Waals surface area contributed by atoms with Gasteiger partial charge in [0.05, 0.1) is 18.2 Å². The second-order valence-corrected chi connectivity index (χ2v) is 2.44. The van der Waals surface area contributed by atoms with E-state index >= 15 is 0 Å². The number of aliphatic hydroxyl groups is 2. The lowest BCUT2D eigenvalue weighted by Gasteiger charge is -2.22. The van der Waals surface area contributed by atoms with Gasteiger partial charge in [0.25, 0.3) is 0 Å². The maximum Gasteiger partial charge on any atom is 0.0764 e. The molecule has 0 unspecified atom stereocenters. The molecule has 0 aromatic carbocycles. The van der Waals surface area contributed by atoms with Gasteiger partial charge in [-0.05, 0) is 13.8 Å². The molecule has 58 valence electrons. The van der Waals surface area contributed by atoms with Gasteiger partial charge in [0.15, 0.2) is 0 Å². The average molecular weight is 156 g/mol. The molecule has 0 rings (SSSR count). The number of hydrogen-bond acceptors (Lipinski definition) is 3. The number of halogens is 1. The number of nitrogens with two attached hydrogens (primary N) is 1. The van der Waals surface area contributed by atoms with Crippen molar-refractivity contribution in [1.82, 2.24) is 0 Å². The molecule has 0 saturated carbocycles. The summed E-state index contributed by atoms with van der Waals surface area (Å²) in [6.07, 6.45) is 0. The van der Waals surface area contributed by atoms with Gasteiger partial charge in [-0.2, -0.15) is 0 Å². The SMILES string of the molecule is CC(C)(O)[C@H](N)CO.Cl. The van der Waals surface area contributed by atoms with Crippen LogP contribution in [-0.2, 0) is 0 Å². The average Bonchev–Trinajstić information content (AvgIpc) is 1.62. The molecule has 1 atom stereocenters. The molecule has 0 aliphatic rings. The highest BCUT2D eigenvalue weighted by molar-refractivity contribution is 5.85. The number of hydrogen-bond donors (Lipinski definition) is 3. The van der Waals surface area contributed by atoms with E-state index in [9.17, 15) is 0 Å². The molecule has 0 radical (unpaired) electrons. The van der Waals surface area contributed by atoms with Crippen molar-refractivity contribution in [2.45, 2.75) is 25.5 Å². The summed E-state index contributed by atoms with van der Waals surface area (Å²) in [6, 6.07) is -0.539. The van der Waals surface area contributed by atoms with Crippen LogP contribution in [0.3, 0.4) is 0 Å². The van der Waals surface area contributed by atoms with Crippen LogP contribution in [-0.4, -0.2) is 28.5 Å². The Morgan fingerprint density at radius 1 is 1.56 bits per heavy atom. The van der Waals surface area contributed by atoms with Crippen molar-refractivity contribution >= 4 is 12.4 Å². The van der Waals surface area contributed by atoms with Crippen molar-refractivity contribution < 1.29 is 10.2 Å². The van der Waals surface area contributed by atoms with Crippen LogP contribution in [0.4, 0.5) is 0 Å². The van der Waals surface area contributed by atoms with Gasteiger partial charge in [0.1, 0.15) is 0 Å². The third-order valence-electron chi connectivity index (χ3n) is 1.10. The normalized spacial score (nSPS) is 14.3. The van der Waals surface area contributed by atoms with E-state index in [1.165, 1.54) is 0 Å². The van der Waals surface area contributed by atoms with E-state index in [0.717, 1.165) is 0 Å². The first kappa shape index (κ1) is 11.9. The fourth-order valence-electron chi connectivity index (χ4n) is 0.223. The van der Waals surface area contributed by atoms with Crippen molar-refractivity contribution in [2.75, 3.05) is 6.61 Å².